The van der Waals surface area contributed by atoms with Crippen LogP contribution in [-0.4, -0.2) is 18.2 Å². The van der Waals surface area contributed by atoms with Gasteiger partial charge in [-0.15, -0.1) is 0 Å². The molecule has 0 aliphatic rings. The van der Waals surface area contributed by atoms with Gasteiger partial charge in [-0.2, -0.15) is 0 Å². The van der Waals surface area contributed by atoms with Gasteiger partial charge in [-0.05, 0) is 42.8 Å². The van der Waals surface area contributed by atoms with E-state index in [9.17, 15) is 14.3 Å². The van der Waals surface area contributed by atoms with Crippen molar-refractivity contribution in [1.29, 1.82) is 0 Å². The molecular formula is C16H16FNO3. The Morgan fingerprint density at radius 2 is 2.05 bits per heavy atom. The molecule has 0 radical (unpaired) electrons. The summed E-state index contributed by atoms with van der Waals surface area (Å²) in [5.41, 5.74) is 1.34. The number of anilines is 1. The molecule has 2 aromatic carbocycles. The number of hydrogen-bond acceptors (Lipinski definition) is 4. The van der Waals surface area contributed by atoms with Crippen LogP contribution in [0.15, 0.2) is 42.5 Å². The third-order valence-electron chi connectivity index (χ3n) is 3.13. The van der Waals surface area contributed by atoms with Gasteiger partial charge in [-0.25, -0.2) is 9.18 Å². The Kier molecular flexibility index (Phi) is 4.42. The molecule has 0 amide bonds. The SMILES string of the molecule is COC(=O)c1cc(NC(C)c2cccc(O)c2)ccc1F. The van der Waals surface area contributed by atoms with Gasteiger partial charge in [0.05, 0.1) is 12.7 Å². The molecular weight excluding hydrogens is 273 g/mol. The Morgan fingerprint density at radius 1 is 1.29 bits per heavy atom. The van der Waals surface area contributed by atoms with Crippen LogP contribution >= 0.6 is 0 Å². The number of benzene rings is 2. The second kappa shape index (κ2) is 6.26. The lowest BCUT2D eigenvalue weighted by molar-refractivity contribution is 0.0595. The number of carbonyl (C=O) groups excluding carboxylic acids is 1. The van der Waals surface area contributed by atoms with Gasteiger partial charge in [0.15, 0.2) is 0 Å². The van der Waals surface area contributed by atoms with Crippen LogP contribution in [0.2, 0.25) is 0 Å². The summed E-state index contributed by atoms with van der Waals surface area (Å²) < 4.78 is 18.1. The first-order valence-corrected chi connectivity index (χ1v) is 6.44. The van der Waals surface area contributed by atoms with Crippen molar-refractivity contribution in [2.75, 3.05) is 12.4 Å². The van der Waals surface area contributed by atoms with Crippen molar-refractivity contribution >= 4 is 11.7 Å². The number of methoxy groups -OCH3 is 1. The van der Waals surface area contributed by atoms with E-state index in [4.69, 9.17) is 0 Å². The van der Waals surface area contributed by atoms with Gasteiger partial charge in [0, 0.05) is 11.7 Å². The molecule has 0 spiro atoms. The maximum absolute atomic E-state index is 13.6. The fourth-order valence-corrected chi connectivity index (χ4v) is 2.01. The monoisotopic (exact) mass is 289 g/mol. The number of rotatable bonds is 4. The molecule has 0 heterocycles. The van der Waals surface area contributed by atoms with Gasteiger partial charge >= 0.3 is 5.97 Å². The molecule has 0 bridgehead atoms. The van der Waals surface area contributed by atoms with E-state index in [2.05, 4.69) is 10.1 Å². The minimum atomic E-state index is -0.721. The van der Waals surface area contributed by atoms with E-state index < -0.39 is 11.8 Å². The van der Waals surface area contributed by atoms with Crippen LogP contribution < -0.4 is 5.32 Å². The normalized spacial score (nSPS) is 11.8. The number of halogens is 1. The zero-order chi connectivity index (χ0) is 15.4. The first kappa shape index (κ1) is 14.8. The molecule has 0 aromatic heterocycles. The smallest absolute Gasteiger partial charge is 0.340 e. The summed E-state index contributed by atoms with van der Waals surface area (Å²) in [6, 6.07) is 10.9. The van der Waals surface area contributed by atoms with Crippen molar-refractivity contribution < 1.29 is 19.0 Å². The van der Waals surface area contributed by atoms with Crippen molar-refractivity contribution in [1.82, 2.24) is 0 Å². The van der Waals surface area contributed by atoms with Gasteiger partial charge < -0.3 is 15.2 Å². The largest absolute Gasteiger partial charge is 0.508 e. The lowest BCUT2D eigenvalue weighted by atomic mass is 10.1. The Bertz CT molecular complexity index is 658. The summed E-state index contributed by atoms with van der Waals surface area (Å²) in [4.78, 5) is 11.5. The Hall–Kier alpha value is -2.56. The van der Waals surface area contributed by atoms with Crippen LogP contribution in [0.4, 0.5) is 10.1 Å². The summed E-state index contributed by atoms with van der Waals surface area (Å²) in [5, 5.41) is 12.6. The van der Waals surface area contributed by atoms with Crippen LogP contribution in [-0.2, 0) is 4.74 Å². The van der Waals surface area contributed by atoms with Gasteiger partial charge in [-0.3, -0.25) is 0 Å². The van der Waals surface area contributed by atoms with E-state index in [0.717, 1.165) is 5.56 Å². The van der Waals surface area contributed by atoms with Crippen LogP contribution in [0.25, 0.3) is 0 Å². The van der Waals surface area contributed by atoms with Crippen molar-refractivity contribution in [2.24, 2.45) is 0 Å². The van der Waals surface area contributed by atoms with Crippen molar-refractivity contribution in [3.63, 3.8) is 0 Å². The highest BCUT2D eigenvalue weighted by Crippen LogP contribution is 2.23. The number of hydrogen-bond donors (Lipinski definition) is 2. The van der Waals surface area contributed by atoms with Gasteiger partial charge in [0.2, 0.25) is 0 Å². The zero-order valence-corrected chi connectivity index (χ0v) is 11.8. The van der Waals surface area contributed by atoms with Gasteiger partial charge in [-0.1, -0.05) is 12.1 Å². The Labute approximate surface area is 122 Å². The molecule has 21 heavy (non-hydrogen) atoms. The molecule has 5 heteroatoms. The molecule has 1 atom stereocenters. The summed E-state index contributed by atoms with van der Waals surface area (Å²) in [7, 11) is 1.21. The lowest BCUT2D eigenvalue weighted by Gasteiger charge is -2.16. The van der Waals surface area contributed by atoms with Crippen LogP contribution in [0, 0.1) is 5.82 Å². The quantitative estimate of drug-likeness (QED) is 0.846. The van der Waals surface area contributed by atoms with E-state index >= 15 is 0 Å². The van der Waals surface area contributed by atoms with E-state index in [1.807, 2.05) is 13.0 Å². The number of phenols is 1. The predicted molar refractivity (Wildman–Crippen MR) is 77.9 cm³/mol. The average molecular weight is 289 g/mol. The number of phenolic OH excluding ortho intramolecular Hbond substituents is 1. The first-order chi connectivity index (χ1) is 10.0. The molecule has 2 aromatic rings. The molecule has 0 saturated heterocycles. The number of esters is 1. The molecule has 110 valence electrons. The third-order valence-corrected chi connectivity index (χ3v) is 3.13. The average Bonchev–Trinajstić information content (AvgIpc) is 2.48. The molecule has 4 nitrogen and oxygen atoms in total. The maximum atomic E-state index is 13.6. The van der Waals surface area contributed by atoms with Crippen LogP contribution in [0.1, 0.15) is 28.9 Å². The highest BCUT2D eigenvalue weighted by Gasteiger charge is 2.14. The molecule has 0 aliphatic heterocycles. The molecule has 2 N–H and O–H groups in total. The topological polar surface area (TPSA) is 58.6 Å². The predicted octanol–water partition coefficient (Wildman–Crippen LogP) is 3.49. The molecule has 2 rings (SSSR count). The molecule has 0 fully saturated rings. The summed E-state index contributed by atoms with van der Waals surface area (Å²) >= 11 is 0. The minimum absolute atomic E-state index is 0.118. The standard InChI is InChI=1S/C16H16FNO3/c1-10(11-4-3-5-13(19)8-11)18-12-6-7-15(17)14(9-12)16(20)21-2/h3-10,18-19H,1-2H3. The number of ether oxygens (including phenoxy) is 1. The maximum Gasteiger partial charge on any atom is 0.340 e. The van der Waals surface area contributed by atoms with Crippen molar-refractivity contribution in [3.05, 3.63) is 59.4 Å². The van der Waals surface area contributed by atoms with Gasteiger partial charge in [0.1, 0.15) is 11.6 Å². The molecule has 0 saturated carbocycles. The number of aromatic hydroxyl groups is 1. The summed E-state index contributed by atoms with van der Waals surface area (Å²) in [5.74, 6) is -1.17. The van der Waals surface area contributed by atoms with E-state index in [1.54, 1.807) is 24.3 Å². The lowest BCUT2D eigenvalue weighted by Crippen LogP contribution is -2.09. The first-order valence-electron chi connectivity index (χ1n) is 6.44. The van der Waals surface area contributed by atoms with E-state index in [0.29, 0.717) is 5.69 Å². The van der Waals surface area contributed by atoms with E-state index in [-0.39, 0.29) is 17.4 Å². The Balaban J connectivity index is 2.21. The fourth-order valence-electron chi connectivity index (χ4n) is 2.01. The highest BCUT2D eigenvalue weighted by atomic mass is 19.1. The zero-order valence-electron chi connectivity index (χ0n) is 11.8. The Morgan fingerprint density at radius 3 is 2.71 bits per heavy atom. The highest BCUT2D eigenvalue weighted by molar-refractivity contribution is 5.90. The van der Waals surface area contributed by atoms with Crippen molar-refractivity contribution in [2.45, 2.75) is 13.0 Å². The van der Waals surface area contributed by atoms with Crippen LogP contribution in [0.3, 0.4) is 0 Å². The fraction of sp³-hybridized carbons (Fsp3) is 0.188. The second-order valence-corrected chi connectivity index (χ2v) is 4.65. The van der Waals surface area contributed by atoms with E-state index in [1.165, 1.54) is 19.2 Å². The van der Waals surface area contributed by atoms with Crippen molar-refractivity contribution in [3.8, 4) is 5.75 Å². The number of carbonyl (C=O) groups is 1. The molecule has 1 unspecified atom stereocenters. The number of nitrogens with one attached hydrogen (secondary N) is 1. The summed E-state index contributed by atoms with van der Waals surface area (Å²) in [6.45, 7) is 1.90. The minimum Gasteiger partial charge on any atom is -0.508 e. The third kappa shape index (κ3) is 3.51. The van der Waals surface area contributed by atoms with Gasteiger partial charge in [0.25, 0.3) is 0 Å². The van der Waals surface area contributed by atoms with Crippen LogP contribution in [0.5, 0.6) is 5.75 Å². The summed E-state index contributed by atoms with van der Waals surface area (Å²) in [6.07, 6.45) is 0. The second-order valence-electron chi connectivity index (χ2n) is 4.65. The molecule has 0 aliphatic carbocycles.